The number of nitrogens with zero attached hydrogens (tertiary/aromatic N) is 1. The van der Waals surface area contributed by atoms with Crippen LogP contribution in [0.5, 0.6) is 0 Å². The molecule has 0 amide bonds. The fraction of sp³-hybridized carbons (Fsp3) is 0.545. The first kappa shape index (κ1) is 11.8. The lowest BCUT2D eigenvalue weighted by Crippen LogP contribution is -2.12. The first-order chi connectivity index (χ1) is 7.29. The molecule has 0 spiro atoms. The van der Waals surface area contributed by atoms with Crippen LogP contribution in [0.25, 0.3) is 0 Å². The monoisotopic (exact) mass is 211 g/mol. The van der Waals surface area contributed by atoms with Gasteiger partial charge in [-0.2, -0.15) is 0 Å². The zero-order chi connectivity index (χ0) is 11.1. The summed E-state index contributed by atoms with van der Waals surface area (Å²) >= 11 is 0. The standard InChI is InChI=1S/C11H17NO3/c1-2-15-11(14)10-6-5-8-12(10)7-3-4-9-13/h5-6,8,13H,2-4,7,9H2,1H3. The van der Waals surface area contributed by atoms with Crippen LogP contribution in [-0.4, -0.2) is 28.9 Å². The molecule has 1 N–H and O–H groups in total. The van der Waals surface area contributed by atoms with Crippen LogP contribution in [0.1, 0.15) is 30.3 Å². The van der Waals surface area contributed by atoms with Gasteiger partial charge in [0.2, 0.25) is 0 Å². The predicted octanol–water partition coefficient (Wildman–Crippen LogP) is 1.44. The van der Waals surface area contributed by atoms with Gasteiger partial charge in [0, 0.05) is 19.3 Å². The fourth-order valence-corrected chi connectivity index (χ4v) is 1.39. The lowest BCUT2D eigenvalue weighted by Gasteiger charge is -2.07. The van der Waals surface area contributed by atoms with Crippen molar-refractivity contribution in [2.75, 3.05) is 13.2 Å². The van der Waals surface area contributed by atoms with Gasteiger partial charge in [-0.25, -0.2) is 4.79 Å². The highest BCUT2D eigenvalue weighted by atomic mass is 16.5. The summed E-state index contributed by atoms with van der Waals surface area (Å²) in [4.78, 5) is 11.5. The minimum absolute atomic E-state index is 0.190. The van der Waals surface area contributed by atoms with E-state index in [9.17, 15) is 4.79 Å². The van der Waals surface area contributed by atoms with Crippen LogP contribution in [0.15, 0.2) is 18.3 Å². The Morgan fingerprint density at radius 1 is 1.53 bits per heavy atom. The van der Waals surface area contributed by atoms with E-state index < -0.39 is 0 Å². The number of hydrogen-bond acceptors (Lipinski definition) is 3. The quantitative estimate of drug-likeness (QED) is 0.572. The number of aryl methyl sites for hydroxylation is 1. The molecule has 1 heterocycles. The summed E-state index contributed by atoms with van der Waals surface area (Å²) < 4.78 is 6.78. The number of carbonyl (C=O) groups is 1. The first-order valence-corrected chi connectivity index (χ1v) is 5.22. The number of esters is 1. The zero-order valence-electron chi connectivity index (χ0n) is 8.98. The summed E-state index contributed by atoms with van der Waals surface area (Å²) in [5, 5.41) is 8.66. The normalized spacial score (nSPS) is 10.3. The van der Waals surface area contributed by atoms with Crippen molar-refractivity contribution in [2.45, 2.75) is 26.3 Å². The van der Waals surface area contributed by atoms with Gasteiger partial charge in [-0.05, 0) is 31.9 Å². The predicted molar refractivity (Wildman–Crippen MR) is 56.7 cm³/mol. The molecule has 1 aromatic heterocycles. The number of ether oxygens (including phenoxy) is 1. The molecule has 0 radical (unpaired) electrons. The molecule has 0 saturated heterocycles. The third-order valence-electron chi connectivity index (χ3n) is 2.12. The van der Waals surface area contributed by atoms with E-state index in [1.54, 1.807) is 13.0 Å². The van der Waals surface area contributed by atoms with Gasteiger partial charge in [0.1, 0.15) is 5.69 Å². The summed E-state index contributed by atoms with van der Waals surface area (Å²) in [6.07, 6.45) is 3.46. The number of aromatic nitrogens is 1. The molecular formula is C11H17NO3. The van der Waals surface area contributed by atoms with Gasteiger partial charge in [0.25, 0.3) is 0 Å². The maximum atomic E-state index is 11.5. The van der Waals surface area contributed by atoms with E-state index in [0.717, 1.165) is 19.4 Å². The molecule has 84 valence electrons. The van der Waals surface area contributed by atoms with Crippen molar-refractivity contribution in [1.82, 2.24) is 4.57 Å². The molecule has 0 atom stereocenters. The summed E-state index contributed by atoms with van der Waals surface area (Å²) in [5.74, 6) is -0.286. The van der Waals surface area contributed by atoms with E-state index in [4.69, 9.17) is 9.84 Å². The molecule has 1 aromatic rings. The van der Waals surface area contributed by atoms with Crippen LogP contribution in [0.2, 0.25) is 0 Å². The van der Waals surface area contributed by atoms with Crippen LogP contribution in [0.4, 0.5) is 0 Å². The Balaban J connectivity index is 2.56. The molecule has 0 saturated carbocycles. The third-order valence-corrected chi connectivity index (χ3v) is 2.12. The molecule has 1 rings (SSSR count). The van der Waals surface area contributed by atoms with Crippen LogP contribution >= 0.6 is 0 Å². The maximum absolute atomic E-state index is 11.5. The summed E-state index contributed by atoms with van der Waals surface area (Å²) in [6, 6.07) is 3.57. The Labute approximate surface area is 89.5 Å². The van der Waals surface area contributed by atoms with Crippen molar-refractivity contribution in [3.05, 3.63) is 24.0 Å². The summed E-state index contributed by atoms with van der Waals surface area (Å²) in [7, 11) is 0. The molecule has 15 heavy (non-hydrogen) atoms. The molecular weight excluding hydrogens is 194 g/mol. The number of rotatable bonds is 6. The Morgan fingerprint density at radius 2 is 2.33 bits per heavy atom. The first-order valence-electron chi connectivity index (χ1n) is 5.22. The van der Waals surface area contributed by atoms with Gasteiger partial charge in [0.15, 0.2) is 0 Å². The molecule has 0 aliphatic heterocycles. The van der Waals surface area contributed by atoms with Crippen molar-refractivity contribution >= 4 is 5.97 Å². The topological polar surface area (TPSA) is 51.5 Å². The summed E-state index contributed by atoms with van der Waals surface area (Å²) in [6.45, 7) is 3.11. The second-order valence-electron chi connectivity index (χ2n) is 3.24. The van der Waals surface area contributed by atoms with Crippen molar-refractivity contribution in [2.24, 2.45) is 0 Å². The van der Waals surface area contributed by atoms with Crippen molar-refractivity contribution in [3.63, 3.8) is 0 Å². The van der Waals surface area contributed by atoms with E-state index in [1.807, 2.05) is 16.8 Å². The van der Waals surface area contributed by atoms with Crippen molar-refractivity contribution in [3.8, 4) is 0 Å². The van der Waals surface area contributed by atoms with E-state index in [2.05, 4.69) is 0 Å². The lowest BCUT2D eigenvalue weighted by atomic mass is 10.3. The number of carbonyl (C=O) groups excluding carboxylic acids is 1. The average molecular weight is 211 g/mol. The van der Waals surface area contributed by atoms with Crippen LogP contribution in [-0.2, 0) is 11.3 Å². The smallest absolute Gasteiger partial charge is 0.354 e. The molecule has 0 unspecified atom stereocenters. The maximum Gasteiger partial charge on any atom is 0.354 e. The third kappa shape index (κ3) is 3.40. The highest BCUT2D eigenvalue weighted by Crippen LogP contribution is 2.06. The number of aliphatic hydroxyl groups is 1. The Bertz CT molecular complexity index is 307. The van der Waals surface area contributed by atoms with E-state index in [0.29, 0.717) is 12.3 Å². The van der Waals surface area contributed by atoms with E-state index in [-0.39, 0.29) is 12.6 Å². The number of unbranched alkanes of at least 4 members (excludes halogenated alkanes) is 1. The van der Waals surface area contributed by atoms with Gasteiger partial charge in [0.05, 0.1) is 6.61 Å². The minimum Gasteiger partial charge on any atom is -0.461 e. The number of aliphatic hydroxyl groups excluding tert-OH is 1. The van der Waals surface area contributed by atoms with Gasteiger partial charge in [-0.1, -0.05) is 0 Å². The lowest BCUT2D eigenvalue weighted by molar-refractivity contribution is 0.0513. The van der Waals surface area contributed by atoms with E-state index in [1.165, 1.54) is 0 Å². The van der Waals surface area contributed by atoms with Gasteiger partial charge in [-0.3, -0.25) is 0 Å². The fourth-order valence-electron chi connectivity index (χ4n) is 1.39. The Kier molecular flexibility index (Phi) is 4.90. The van der Waals surface area contributed by atoms with Gasteiger partial charge in [-0.15, -0.1) is 0 Å². The van der Waals surface area contributed by atoms with Crippen molar-refractivity contribution < 1.29 is 14.6 Å². The Morgan fingerprint density at radius 3 is 3.00 bits per heavy atom. The number of hydrogen-bond donors (Lipinski definition) is 1. The highest BCUT2D eigenvalue weighted by molar-refractivity contribution is 5.87. The van der Waals surface area contributed by atoms with Gasteiger partial charge < -0.3 is 14.4 Å². The average Bonchev–Trinajstić information content (AvgIpc) is 2.67. The molecule has 4 nitrogen and oxygen atoms in total. The minimum atomic E-state index is -0.286. The second kappa shape index (κ2) is 6.24. The van der Waals surface area contributed by atoms with Crippen molar-refractivity contribution in [1.29, 1.82) is 0 Å². The van der Waals surface area contributed by atoms with Crippen LogP contribution < -0.4 is 0 Å². The zero-order valence-corrected chi connectivity index (χ0v) is 8.98. The van der Waals surface area contributed by atoms with Gasteiger partial charge >= 0.3 is 5.97 Å². The largest absolute Gasteiger partial charge is 0.461 e. The van der Waals surface area contributed by atoms with Crippen LogP contribution in [0, 0.1) is 0 Å². The van der Waals surface area contributed by atoms with Crippen LogP contribution in [0.3, 0.4) is 0 Å². The SMILES string of the molecule is CCOC(=O)c1cccn1CCCCO. The molecule has 0 fully saturated rings. The highest BCUT2D eigenvalue weighted by Gasteiger charge is 2.10. The molecule has 0 aromatic carbocycles. The molecule has 4 heteroatoms. The molecule has 0 aliphatic rings. The second-order valence-corrected chi connectivity index (χ2v) is 3.24. The Hall–Kier alpha value is -1.29. The summed E-state index contributed by atoms with van der Waals surface area (Å²) in [5.41, 5.74) is 0.579. The molecule has 0 bridgehead atoms. The van der Waals surface area contributed by atoms with E-state index >= 15 is 0 Å². The molecule has 0 aliphatic carbocycles.